The van der Waals surface area contributed by atoms with Crippen molar-refractivity contribution in [3.05, 3.63) is 175 Å². The van der Waals surface area contributed by atoms with Gasteiger partial charge in [-0.2, -0.15) is 0 Å². The molecule has 0 saturated carbocycles. The van der Waals surface area contributed by atoms with Crippen LogP contribution < -0.4 is 5.19 Å². The summed E-state index contributed by atoms with van der Waals surface area (Å²) in [6, 6.07) is 54.7. The van der Waals surface area contributed by atoms with E-state index in [1.54, 1.807) is 0 Å². The van der Waals surface area contributed by atoms with Crippen LogP contribution in [0.25, 0.3) is 105 Å². The van der Waals surface area contributed by atoms with Gasteiger partial charge in [0.25, 0.3) is 0 Å². The quantitative estimate of drug-likeness (QED) is 0.127. The summed E-state index contributed by atoms with van der Waals surface area (Å²) in [4.78, 5) is 14.6. The molecule has 0 aliphatic carbocycles. The van der Waals surface area contributed by atoms with Crippen LogP contribution in [0.15, 0.2) is 155 Å². The van der Waals surface area contributed by atoms with Crippen LogP contribution in [0.4, 0.5) is 0 Å². The van der Waals surface area contributed by atoms with Crippen LogP contribution in [0.3, 0.4) is 0 Å². The second kappa shape index (κ2) is 16.4. The molecule has 0 aliphatic rings. The third-order valence-corrected chi connectivity index (χ3v) is 14.4. The van der Waals surface area contributed by atoms with Gasteiger partial charge in [0.2, 0.25) is 5.71 Å². The van der Waals surface area contributed by atoms with Gasteiger partial charge in [0.15, 0.2) is 0 Å². The summed E-state index contributed by atoms with van der Waals surface area (Å²) in [7, 11) is -1.65. The molecular weight excluding hydrogens is 993 g/mol. The Morgan fingerprint density at radius 1 is 0.662 bits per heavy atom. The fourth-order valence-corrected chi connectivity index (χ4v) is 10.8. The molecule has 65 heavy (non-hydrogen) atoms. The predicted molar refractivity (Wildman–Crippen MR) is 268 cm³/mol. The Morgan fingerprint density at radius 3 is 2.14 bits per heavy atom. The first-order valence-corrected chi connectivity index (χ1v) is 25.3. The maximum Gasteiger partial charge on any atom is 0.216 e. The largest absolute Gasteiger partial charge is 0.501 e. The van der Waals surface area contributed by atoms with Gasteiger partial charge in [-0.05, 0) is 77.1 Å². The summed E-state index contributed by atoms with van der Waals surface area (Å²) in [5, 5.41) is 10.1. The van der Waals surface area contributed by atoms with Gasteiger partial charge in [-0.15, -0.1) is 36.4 Å². The number of rotatable bonds is 5. The number of para-hydroxylation sites is 3. The molecule has 0 unspecified atom stereocenters. The normalized spacial score (nSPS) is 12.3. The Hall–Kier alpha value is -6.70. The molecule has 0 N–H and O–H groups in total. The number of aryl methyl sites for hydroxylation is 2. The first-order chi connectivity index (χ1) is 31.3. The molecular formula is C57H46IrN4O2Si-2. The van der Waals surface area contributed by atoms with Crippen molar-refractivity contribution in [3.8, 4) is 28.3 Å². The van der Waals surface area contributed by atoms with Crippen molar-refractivity contribution in [1.82, 2.24) is 19.5 Å². The summed E-state index contributed by atoms with van der Waals surface area (Å²) in [6.45, 7) is 14.9. The van der Waals surface area contributed by atoms with Gasteiger partial charge >= 0.3 is 0 Å². The summed E-state index contributed by atoms with van der Waals surface area (Å²) >= 11 is 0. The van der Waals surface area contributed by atoms with Crippen LogP contribution in [0, 0.1) is 26.0 Å². The molecule has 0 aliphatic heterocycles. The van der Waals surface area contributed by atoms with Crippen LogP contribution >= 0.6 is 0 Å². The Morgan fingerprint density at radius 2 is 1.34 bits per heavy atom. The summed E-state index contributed by atoms with van der Waals surface area (Å²) in [5.41, 5.74) is 11.8. The van der Waals surface area contributed by atoms with Gasteiger partial charge in [0.1, 0.15) is 5.58 Å². The van der Waals surface area contributed by atoms with E-state index in [4.69, 9.17) is 25.2 Å². The Labute approximate surface area is 393 Å². The van der Waals surface area contributed by atoms with E-state index < -0.39 is 14.0 Å². The second-order valence-corrected chi connectivity index (χ2v) is 23.0. The van der Waals surface area contributed by atoms with E-state index in [2.05, 4.69) is 134 Å². The molecule has 0 fully saturated rings. The molecule has 5 heterocycles. The van der Waals surface area contributed by atoms with Gasteiger partial charge in [-0.1, -0.05) is 151 Å². The summed E-state index contributed by atoms with van der Waals surface area (Å²) < 4.78 is 23.6. The number of aromatic nitrogens is 4. The Kier molecular flexibility index (Phi) is 10.3. The molecule has 12 aromatic rings. The number of fused-ring (bicyclic) bond motifs is 10. The van der Waals surface area contributed by atoms with Gasteiger partial charge in [-0.25, -0.2) is 4.98 Å². The van der Waals surface area contributed by atoms with Crippen LogP contribution in [0.2, 0.25) is 19.6 Å². The van der Waals surface area contributed by atoms with Crippen molar-refractivity contribution in [2.24, 2.45) is 0 Å². The molecule has 0 saturated heterocycles. The molecule has 8 heteroatoms. The fourth-order valence-electron chi connectivity index (χ4n) is 9.22. The number of benzene rings is 7. The fraction of sp³-hybridized carbons (Fsp3) is 0.140. The van der Waals surface area contributed by atoms with Crippen molar-refractivity contribution >= 4 is 89.8 Å². The average Bonchev–Trinajstić information content (AvgIpc) is 4.00. The van der Waals surface area contributed by atoms with Crippen LogP contribution in [-0.4, -0.2) is 27.6 Å². The molecule has 12 rings (SSSR count). The maximum atomic E-state index is 8.77. The SMILES string of the molecule is Cc1ccc2cc(-n3c(-c4[c-]ccc5c4oc4ccccc45)nc4ccccc43)ccc2c1.[2H]C(C)(C)c1cc(-c2[c-]ccc3c2oc2nc(C)c4ccccc4c23)ncc1[Si](C)(C)C.[Ir]. The van der Waals surface area contributed by atoms with Gasteiger partial charge in [0, 0.05) is 55.2 Å². The molecule has 5 aromatic heterocycles. The monoisotopic (exact) mass is 1040 g/mol. The van der Waals surface area contributed by atoms with E-state index in [1.165, 1.54) is 21.5 Å². The predicted octanol–water partition coefficient (Wildman–Crippen LogP) is 14.8. The van der Waals surface area contributed by atoms with Crippen molar-refractivity contribution in [1.29, 1.82) is 0 Å². The molecule has 0 bridgehead atoms. The van der Waals surface area contributed by atoms with Crippen molar-refractivity contribution in [2.75, 3.05) is 0 Å². The van der Waals surface area contributed by atoms with E-state index in [0.29, 0.717) is 5.71 Å². The number of pyridine rings is 2. The standard InChI is InChI=1S/C30H19N2O.C27H27N2OSi.Ir/c1-19-13-14-21-18-22(16-15-20(21)17-19)32-27-11-4-3-10-26(27)31-30(32)25-9-6-8-24-23-7-2-5-12-28(23)33-29(24)25;1-16(2)22-14-23(28-15-24(22)31(4,5)6)20-12-9-13-21-25-19-11-8-7-10-18(19)17(3)29-27(25)30-26(20)21;/h2-8,10-18H,1H3;7-11,13-16H,1-6H3;/q2*-1;/i;16D;. The van der Waals surface area contributed by atoms with Gasteiger partial charge in [0.05, 0.1) is 36.1 Å². The van der Waals surface area contributed by atoms with E-state index in [1.807, 2.05) is 75.5 Å². The van der Waals surface area contributed by atoms with Crippen molar-refractivity contribution in [2.45, 2.75) is 53.2 Å². The number of hydrogen-bond donors (Lipinski definition) is 0. The minimum absolute atomic E-state index is 0. The van der Waals surface area contributed by atoms with E-state index in [9.17, 15) is 0 Å². The number of hydrogen-bond acceptors (Lipinski definition) is 5. The summed E-state index contributed by atoms with van der Waals surface area (Å²) in [6.07, 6.45) is 1.97. The zero-order chi connectivity index (χ0) is 44.8. The Bertz CT molecular complexity index is 3850. The van der Waals surface area contributed by atoms with Gasteiger partial charge < -0.3 is 18.4 Å². The van der Waals surface area contributed by atoms with E-state index >= 15 is 0 Å². The zero-order valence-electron chi connectivity index (χ0n) is 38.3. The van der Waals surface area contributed by atoms with E-state index in [0.717, 1.165) is 99.7 Å². The second-order valence-electron chi connectivity index (χ2n) is 18.0. The van der Waals surface area contributed by atoms with Crippen LogP contribution in [-0.2, 0) is 20.1 Å². The first-order valence-electron chi connectivity index (χ1n) is 22.3. The third kappa shape index (κ3) is 7.26. The van der Waals surface area contributed by atoms with Crippen LogP contribution in [0.1, 0.15) is 37.9 Å². The molecule has 0 spiro atoms. The molecule has 1 radical (unpaired) electrons. The number of furan rings is 2. The molecule has 6 nitrogen and oxygen atoms in total. The number of nitrogens with zero attached hydrogens (tertiary/aromatic N) is 4. The maximum absolute atomic E-state index is 8.77. The minimum Gasteiger partial charge on any atom is -0.501 e. The van der Waals surface area contributed by atoms with E-state index in [-0.39, 0.29) is 20.1 Å². The Balaban J connectivity index is 0.000000153. The topological polar surface area (TPSA) is 69.9 Å². The minimum atomic E-state index is -1.65. The first kappa shape index (κ1) is 41.0. The molecule has 321 valence electrons. The molecule has 0 atom stereocenters. The third-order valence-electron chi connectivity index (χ3n) is 12.4. The average molecular weight is 1040 g/mol. The molecule has 0 amide bonds. The van der Waals surface area contributed by atoms with Crippen LogP contribution in [0.5, 0.6) is 0 Å². The van der Waals surface area contributed by atoms with Crippen molar-refractivity contribution < 1.29 is 30.3 Å². The van der Waals surface area contributed by atoms with Gasteiger partial charge in [-0.3, -0.25) is 4.98 Å². The number of imidazole rings is 1. The molecule has 7 aromatic carbocycles. The zero-order valence-corrected chi connectivity index (χ0v) is 40.7. The smallest absolute Gasteiger partial charge is 0.216 e. The summed E-state index contributed by atoms with van der Waals surface area (Å²) in [5.74, 6) is 0.108. The van der Waals surface area contributed by atoms with Crippen molar-refractivity contribution in [3.63, 3.8) is 0 Å².